The highest BCUT2D eigenvalue weighted by molar-refractivity contribution is 5.89. The Morgan fingerprint density at radius 2 is 2.09 bits per heavy atom. The predicted molar refractivity (Wildman–Crippen MR) is 118 cm³/mol. The molecule has 3 heterocycles. The Labute approximate surface area is 183 Å². The molecule has 1 aliphatic rings. The predicted octanol–water partition coefficient (Wildman–Crippen LogP) is 3.14. The molecule has 168 valence electrons. The number of aryl methyl sites for hydroxylation is 2. The van der Waals surface area contributed by atoms with Crippen molar-refractivity contribution in [1.82, 2.24) is 14.5 Å². The molecule has 0 saturated heterocycles. The molecule has 1 aliphatic heterocycles. The second-order valence-corrected chi connectivity index (χ2v) is 7.75. The summed E-state index contributed by atoms with van der Waals surface area (Å²) in [7, 11) is 1.67. The Morgan fingerprint density at radius 1 is 1.28 bits per heavy atom. The maximum atomic E-state index is 13.9. The number of hydrogen-bond donors (Lipinski definition) is 2. The molecule has 7 nitrogen and oxygen atoms in total. The third-order valence-electron chi connectivity index (χ3n) is 5.50. The molecule has 1 aromatic carbocycles. The minimum absolute atomic E-state index is 0.145. The summed E-state index contributed by atoms with van der Waals surface area (Å²) in [6, 6.07) is 7.67. The van der Waals surface area contributed by atoms with E-state index in [0.717, 1.165) is 5.57 Å². The van der Waals surface area contributed by atoms with Crippen molar-refractivity contribution in [2.24, 2.45) is 7.05 Å². The van der Waals surface area contributed by atoms with E-state index in [0.29, 0.717) is 53.4 Å². The molecule has 0 bridgehead atoms. The highest BCUT2D eigenvalue weighted by atomic mass is 19.3. The lowest BCUT2D eigenvalue weighted by atomic mass is 10.0. The molecule has 0 aliphatic carbocycles. The van der Waals surface area contributed by atoms with Crippen molar-refractivity contribution < 1.29 is 18.6 Å². The Kier molecular flexibility index (Phi) is 6.03. The zero-order valence-electron chi connectivity index (χ0n) is 17.9. The van der Waals surface area contributed by atoms with Crippen LogP contribution in [0.15, 0.2) is 41.2 Å². The Balaban J connectivity index is 1.73. The molecule has 0 amide bonds. The molecule has 0 spiro atoms. The van der Waals surface area contributed by atoms with Crippen LogP contribution in [-0.2, 0) is 24.3 Å². The van der Waals surface area contributed by atoms with E-state index in [1.165, 1.54) is 22.8 Å². The lowest BCUT2D eigenvalue weighted by molar-refractivity contribution is -0.0556. The van der Waals surface area contributed by atoms with E-state index in [1.807, 2.05) is 6.08 Å². The second-order valence-electron chi connectivity index (χ2n) is 7.75. The number of hydrogen-bond acceptors (Lipinski definition) is 6. The molecule has 0 saturated carbocycles. The van der Waals surface area contributed by atoms with Crippen molar-refractivity contribution in [3.05, 3.63) is 69.3 Å². The van der Waals surface area contributed by atoms with Gasteiger partial charge < -0.3 is 15.2 Å². The Hall–Kier alpha value is -3.17. The van der Waals surface area contributed by atoms with Crippen LogP contribution in [0.4, 0.5) is 14.6 Å². The number of fused-ring (bicyclic) bond motifs is 1. The maximum absolute atomic E-state index is 13.9. The van der Waals surface area contributed by atoms with E-state index in [4.69, 9.17) is 9.84 Å². The first kappa shape index (κ1) is 22.0. The zero-order chi connectivity index (χ0) is 22.9. The van der Waals surface area contributed by atoms with Gasteiger partial charge in [0.25, 0.3) is 11.5 Å². The molecule has 2 aromatic heterocycles. The number of benzene rings is 1. The standard InChI is InChI=1S/C23H24F2N4O3/c1-14-27-20(26-12-15-4-3-5-17(10-15)23(24,25)13-30)19-11-18(16-6-8-32-9-7-16)22(31)29(2)21(19)28-14/h3-6,10-11,30H,7-9,12-13H2,1-2H3,(H,26,27,28). The number of pyridine rings is 1. The van der Waals surface area contributed by atoms with Crippen LogP contribution in [0.2, 0.25) is 0 Å². The summed E-state index contributed by atoms with van der Waals surface area (Å²) >= 11 is 0. The summed E-state index contributed by atoms with van der Waals surface area (Å²) in [6.07, 6.45) is 2.54. The first-order valence-corrected chi connectivity index (χ1v) is 10.3. The summed E-state index contributed by atoms with van der Waals surface area (Å²) in [5.41, 5.74) is 2.19. The van der Waals surface area contributed by atoms with Crippen LogP contribution >= 0.6 is 0 Å². The fourth-order valence-electron chi connectivity index (χ4n) is 3.76. The molecule has 0 atom stereocenters. The molecule has 2 N–H and O–H groups in total. The van der Waals surface area contributed by atoms with Crippen LogP contribution in [0.5, 0.6) is 0 Å². The summed E-state index contributed by atoms with van der Waals surface area (Å²) in [5, 5.41) is 12.8. The normalized spacial score (nSPS) is 14.5. The van der Waals surface area contributed by atoms with Gasteiger partial charge in [0, 0.05) is 24.7 Å². The zero-order valence-corrected chi connectivity index (χ0v) is 17.9. The number of nitrogens with one attached hydrogen (secondary N) is 1. The number of aliphatic hydroxyl groups excluding tert-OH is 1. The average molecular weight is 442 g/mol. The van der Waals surface area contributed by atoms with Crippen molar-refractivity contribution in [2.45, 2.75) is 25.8 Å². The molecule has 0 fully saturated rings. The molecule has 3 aromatic rings. The first-order chi connectivity index (χ1) is 15.3. The van der Waals surface area contributed by atoms with Gasteiger partial charge in [-0.2, -0.15) is 8.78 Å². The quantitative estimate of drug-likeness (QED) is 0.610. The van der Waals surface area contributed by atoms with E-state index < -0.39 is 12.5 Å². The van der Waals surface area contributed by atoms with Crippen molar-refractivity contribution in [3.63, 3.8) is 0 Å². The van der Waals surface area contributed by atoms with Crippen LogP contribution in [0.1, 0.15) is 28.9 Å². The fraction of sp³-hybridized carbons (Fsp3) is 0.348. The number of aliphatic hydroxyl groups is 1. The highest BCUT2D eigenvalue weighted by Crippen LogP contribution is 2.29. The van der Waals surface area contributed by atoms with Gasteiger partial charge in [-0.15, -0.1) is 0 Å². The van der Waals surface area contributed by atoms with Gasteiger partial charge >= 0.3 is 0 Å². The van der Waals surface area contributed by atoms with Crippen molar-refractivity contribution in [3.8, 4) is 0 Å². The molecule has 4 rings (SSSR count). The van der Waals surface area contributed by atoms with Gasteiger partial charge in [-0.3, -0.25) is 9.36 Å². The number of anilines is 1. The first-order valence-electron chi connectivity index (χ1n) is 10.3. The van der Waals surface area contributed by atoms with E-state index in [2.05, 4.69) is 15.3 Å². The van der Waals surface area contributed by atoms with Gasteiger partial charge in [0.05, 0.1) is 18.6 Å². The van der Waals surface area contributed by atoms with Gasteiger partial charge in [0.15, 0.2) is 0 Å². The van der Waals surface area contributed by atoms with Gasteiger partial charge in [0.1, 0.15) is 23.9 Å². The molecular weight excluding hydrogens is 418 g/mol. The number of nitrogens with zero attached hydrogens (tertiary/aromatic N) is 3. The fourth-order valence-corrected chi connectivity index (χ4v) is 3.76. The van der Waals surface area contributed by atoms with Crippen LogP contribution in [-0.4, -0.2) is 39.5 Å². The van der Waals surface area contributed by atoms with Gasteiger partial charge in [-0.05, 0) is 36.6 Å². The number of aromatic nitrogens is 3. The van der Waals surface area contributed by atoms with Crippen molar-refractivity contribution >= 4 is 22.4 Å². The maximum Gasteiger partial charge on any atom is 0.295 e. The number of rotatable bonds is 6. The van der Waals surface area contributed by atoms with Crippen LogP contribution in [0.25, 0.3) is 16.6 Å². The molecule has 9 heteroatoms. The largest absolute Gasteiger partial charge is 0.390 e. The topological polar surface area (TPSA) is 89.3 Å². The average Bonchev–Trinajstić information content (AvgIpc) is 2.81. The smallest absolute Gasteiger partial charge is 0.295 e. The summed E-state index contributed by atoms with van der Waals surface area (Å²) in [4.78, 5) is 21.9. The minimum atomic E-state index is -3.31. The van der Waals surface area contributed by atoms with E-state index in [9.17, 15) is 13.6 Å². The van der Waals surface area contributed by atoms with Crippen LogP contribution < -0.4 is 10.9 Å². The molecule has 0 unspecified atom stereocenters. The lowest BCUT2D eigenvalue weighted by Gasteiger charge is -2.17. The SMILES string of the molecule is Cc1nc(NCc2cccc(C(F)(F)CO)c2)c2cc(C3=CCOCC3)c(=O)n(C)c2n1. The summed E-state index contributed by atoms with van der Waals surface area (Å²) < 4.78 is 34.6. The molecule has 32 heavy (non-hydrogen) atoms. The van der Waals surface area contributed by atoms with Gasteiger partial charge in [-0.25, -0.2) is 9.97 Å². The van der Waals surface area contributed by atoms with Gasteiger partial charge in [-0.1, -0.05) is 24.3 Å². The third kappa shape index (κ3) is 4.26. The monoisotopic (exact) mass is 442 g/mol. The number of alkyl halides is 2. The summed E-state index contributed by atoms with van der Waals surface area (Å²) in [5.74, 6) is -2.32. The van der Waals surface area contributed by atoms with E-state index in [1.54, 1.807) is 26.1 Å². The third-order valence-corrected chi connectivity index (χ3v) is 5.50. The summed E-state index contributed by atoms with van der Waals surface area (Å²) in [6.45, 7) is 1.72. The number of halogens is 2. The Morgan fingerprint density at radius 3 is 2.81 bits per heavy atom. The molecule has 0 radical (unpaired) electrons. The lowest BCUT2D eigenvalue weighted by Crippen LogP contribution is -2.23. The minimum Gasteiger partial charge on any atom is -0.390 e. The van der Waals surface area contributed by atoms with Crippen molar-refractivity contribution in [2.75, 3.05) is 25.1 Å². The van der Waals surface area contributed by atoms with Crippen molar-refractivity contribution in [1.29, 1.82) is 0 Å². The van der Waals surface area contributed by atoms with E-state index in [-0.39, 0.29) is 17.7 Å². The highest BCUT2D eigenvalue weighted by Gasteiger charge is 2.30. The van der Waals surface area contributed by atoms with E-state index >= 15 is 0 Å². The van der Waals surface area contributed by atoms with Crippen LogP contribution in [0.3, 0.4) is 0 Å². The van der Waals surface area contributed by atoms with Crippen LogP contribution in [0, 0.1) is 6.92 Å². The second kappa shape index (κ2) is 8.76. The Bertz CT molecular complexity index is 1250. The van der Waals surface area contributed by atoms with Gasteiger partial charge in [0.2, 0.25) is 0 Å². The molecular formula is C23H24F2N4O3. The number of ether oxygens (including phenoxy) is 1.